The summed E-state index contributed by atoms with van der Waals surface area (Å²) in [5.41, 5.74) is 1.29. The van der Waals surface area contributed by atoms with Crippen LogP contribution < -0.4 is 15.2 Å². The number of rotatable bonds is 7. The van der Waals surface area contributed by atoms with Crippen molar-refractivity contribution in [3.63, 3.8) is 0 Å². The molecule has 1 fully saturated rings. The molecule has 0 aliphatic carbocycles. The summed E-state index contributed by atoms with van der Waals surface area (Å²) in [6, 6.07) is 14.4. The monoisotopic (exact) mass is 656 g/mol. The van der Waals surface area contributed by atoms with E-state index in [1.165, 1.54) is 8.99 Å². The van der Waals surface area contributed by atoms with Crippen LogP contribution in [0.25, 0.3) is 5.69 Å². The molecule has 198 valence electrons. The first-order chi connectivity index (χ1) is 17.4. The molecule has 0 bridgehead atoms. The van der Waals surface area contributed by atoms with Gasteiger partial charge in [0.25, 0.3) is 0 Å². The summed E-state index contributed by atoms with van der Waals surface area (Å²) in [6.07, 6.45) is 1.61. The molecule has 1 aliphatic heterocycles. The molecule has 1 aliphatic rings. The number of halogens is 2. The third kappa shape index (κ3) is 7.04. The van der Waals surface area contributed by atoms with Crippen LogP contribution in [0.15, 0.2) is 59.5 Å². The zero-order chi connectivity index (χ0) is 26.8. The van der Waals surface area contributed by atoms with Gasteiger partial charge in [0, 0.05) is 34.8 Å². The van der Waals surface area contributed by atoms with Crippen molar-refractivity contribution in [2.24, 2.45) is 5.41 Å². The van der Waals surface area contributed by atoms with Crippen molar-refractivity contribution in [3.8, 4) is 11.4 Å². The summed E-state index contributed by atoms with van der Waals surface area (Å²) in [5.74, 6) is 0.154. The Morgan fingerprint density at radius 2 is 1.73 bits per heavy atom. The molecule has 2 aromatic carbocycles. The quantitative estimate of drug-likeness (QED) is 0.347. The second kappa shape index (κ2) is 11.3. The molecule has 4 rings (SSSR count). The van der Waals surface area contributed by atoms with E-state index in [1.54, 1.807) is 30.5 Å². The Kier molecular flexibility index (Phi) is 8.51. The van der Waals surface area contributed by atoms with E-state index in [0.29, 0.717) is 49.2 Å². The molecule has 11 heteroatoms. The first kappa shape index (κ1) is 27.9. The molecule has 0 saturated carbocycles. The number of piperazine rings is 1. The number of benzene rings is 2. The summed E-state index contributed by atoms with van der Waals surface area (Å²) in [5, 5.41) is 4.89. The van der Waals surface area contributed by atoms with Crippen LogP contribution in [0.2, 0.25) is 5.02 Å². The minimum atomic E-state index is -3.47. The van der Waals surface area contributed by atoms with E-state index in [0.717, 1.165) is 9.13 Å². The molecule has 1 saturated heterocycles. The summed E-state index contributed by atoms with van der Waals surface area (Å²) in [4.78, 5) is 15.5. The average Bonchev–Trinajstić information content (AvgIpc) is 2.84. The minimum Gasteiger partial charge on any atom is -0.486 e. The Balaban J connectivity index is 1.57. The number of ether oxygens (including phenoxy) is 1. The lowest BCUT2D eigenvalue weighted by Crippen LogP contribution is -2.49. The van der Waals surface area contributed by atoms with Crippen LogP contribution >= 0.6 is 34.2 Å². The summed E-state index contributed by atoms with van der Waals surface area (Å²) < 4.78 is 36.0. The number of aromatic nitrogens is 2. The fourth-order valence-corrected chi connectivity index (χ4v) is 6.02. The molecule has 1 aromatic heterocycles. The van der Waals surface area contributed by atoms with E-state index in [1.807, 2.05) is 49.9 Å². The Labute approximate surface area is 236 Å². The highest BCUT2D eigenvalue weighted by atomic mass is 127. The van der Waals surface area contributed by atoms with Crippen LogP contribution in [0.1, 0.15) is 26.3 Å². The Bertz CT molecular complexity index is 1410. The molecule has 2 heterocycles. The van der Waals surface area contributed by atoms with Crippen molar-refractivity contribution in [1.82, 2.24) is 14.1 Å². The third-order valence-electron chi connectivity index (χ3n) is 5.85. The van der Waals surface area contributed by atoms with E-state index in [4.69, 9.17) is 16.3 Å². The maximum absolute atomic E-state index is 13.5. The summed E-state index contributed by atoms with van der Waals surface area (Å²) in [6.45, 7) is 7.87. The molecule has 3 aromatic rings. The number of nitrogens with zero attached hydrogens (tertiary/aromatic N) is 4. The number of anilines is 1. The fourth-order valence-electron chi connectivity index (χ4n) is 3.96. The first-order valence-electron chi connectivity index (χ1n) is 11.9. The van der Waals surface area contributed by atoms with E-state index >= 15 is 0 Å². The fraction of sp³-hybridized carbons (Fsp3) is 0.385. The lowest BCUT2D eigenvalue weighted by atomic mass is 9.99. The van der Waals surface area contributed by atoms with Crippen LogP contribution in [0, 0.1) is 8.99 Å². The predicted molar refractivity (Wildman–Crippen MR) is 155 cm³/mol. The minimum absolute atomic E-state index is 0.0406. The van der Waals surface area contributed by atoms with Gasteiger partial charge in [-0.05, 0) is 63.9 Å². The van der Waals surface area contributed by atoms with Gasteiger partial charge in [0.15, 0.2) is 0 Å². The van der Waals surface area contributed by atoms with Gasteiger partial charge in [0.1, 0.15) is 5.69 Å². The van der Waals surface area contributed by atoms with Gasteiger partial charge in [0.05, 0.1) is 24.2 Å². The Hall–Kier alpha value is -2.15. The van der Waals surface area contributed by atoms with Gasteiger partial charge in [-0.15, -0.1) is 0 Å². The van der Waals surface area contributed by atoms with E-state index in [9.17, 15) is 13.2 Å². The smallest absolute Gasteiger partial charge is 0.316 e. The molecule has 0 amide bonds. The van der Waals surface area contributed by atoms with Crippen molar-refractivity contribution >= 4 is 49.9 Å². The largest absolute Gasteiger partial charge is 0.486 e. The van der Waals surface area contributed by atoms with Crippen molar-refractivity contribution in [1.29, 1.82) is 0 Å². The number of sulfonamides is 1. The molecular formula is C26H30ClIN4O4S. The predicted octanol–water partition coefficient (Wildman–Crippen LogP) is 4.57. The molecule has 0 spiro atoms. The lowest BCUT2D eigenvalue weighted by molar-refractivity contribution is 0.195. The highest BCUT2D eigenvalue weighted by Gasteiger charge is 2.30. The molecule has 8 nitrogen and oxygen atoms in total. The van der Waals surface area contributed by atoms with Crippen molar-refractivity contribution in [3.05, 3.63) is 79.2 Å². The maximum Gasteiger partial charge on any atom is 0.316 e. The maximum atomic E-state index is 13.5. The van der Waals surface area contributed by atoms with Crippen LogP contribution in [0.5, 0.6) is 5.75 Å². The molecule has 37 heavy (non-hydrogen) atoms. The van der Waals surface area contributed by atoms with E-state index < -0.39 is 15.6 Å². The highest BCUT2D eigenvalue weighted by molar-refractivity contribution is 14.1. The zero-order valence-corrected chi connectivity index (χ0v) is 24.8. The molecule has 0 unspecified atom stereocenters. The van der Waals surface area contributed by atoms with Crippen LogP contribution in [-0.4, -0.2) is 55.3 Å². The molecule has 0 radical (unpaired) electrons. The van der Waals surface area contributed by atoms with E-state index in [-0.39, 0.29) is 16.9 Å². The number of hydrogen-bond donors (Lipinski definition) is 0. The second-order valence-electron chi connectivity index (χ2n) is 10.2. The van der Waals surface area contributed by atoms with Crippen LogP contribution in [-0.2, 0) is 15.8 Å². The van der Waals surface area contributed by atoms with Gasteiger partial charge in [-0.25, -0.2) is 8.42 Å². The molecule has 0 atom stereocenters. The normalized spacial score (nSPS) is 15.1. The van der Waals surface area contributed by atoms with Crippen molar-refractivity contribution in [2.75, 3.05) is 37.7 Å². The topological polar surface area (TPSA) is 84.7 Å². The number of hydrogen-bond acceptors (Lipinski definition) is 6. The van der Waals surface area contributed by atoms with Crippen molar-refractivity contribution in [2.45, 2.75) is 26.5 Å². The molecule has 0 N–H and O–H groups in total. The van der Waals surface area contributed by atoms with Gasteiger partial charge >= 0.3 is 5.56 Å². The average molecular weight is 657 g/mol. The third-order valence-corrected chi connectivity index (χ3v) is 8.66. The first-order valence-corrected chi connectivity index (χ1v) is 15.0. The van der Waals surface area contributed by atoms with Crippen molar-refractivity contribution < 1.29 is 13.2 Å². The Morgan fingerprint density at radius 3 is 2.35 bits per heavy atom. The van der Waals surface area contributed by atoms with Gasteiger partial charge in [-0.1, -0.05) is 50.6 Å². The van der Waals surface area contributed by atoms with Gasteiger partial charge < -0.3 is 9.64 Å². The standard InChI is InChI=1S/C26H30ClIN4O4S/c1-26(2,3)18-36-24-23(16-29-32(25(24)33)22-6-4-5-20(27)15-22)30-11-13-31(14-12-30)37(34,35)17-19-7-9-21(28)10-8-19/h4-10,15-16H,11-14,17-18H2,1-3H3. The second-order valence-corrected chi connectivity index (χ2v) is 13.8. The van der Waals surface area contributed by atoms with Gasteiger partial charge in [-0.3, -0.25) is 4.79 Å². The van der Waals surface area contributed by atoms with E-state index in [2.05, 4.69) is 27.7 Å². The van der Waals surface area contributed by atoms with Crippen LogP contribution in [0.4, 0.5) is 5.69 Å². The SMILES string of the molecule is CC(C)(C)COc1c(N2CCN(S(=O)(=O)Cc3ccc(I)cc3)CC2)cnn(-c2cccc(Cl)c2)c1=O. The highest BCUT2D eigenvalue weighted by Crippen LogP contribution is 2.28. The van der Waals surface area contributed by atoms with Gasteiger partial charge in [-0.2, -0.15) is 14.1 Å². The molecular weight excluding hydrogens is 627 g/mol. The lowest BCUT2D eigenvalue weighted by Gasteiger charge is -2.36. The van der Waals surface area contributed by atoms with Gasteiger partial charge in [0.2, 0.25) is 15.8 Å². The zero-order valence-electron chi connectivity index (χ0n) is 21.0. The summed E-state index contributed by atoms with van der Waals surface area (Å²) >= 11 is 8.33. The van der Waals surface area contributed by atoms with Crippen LogP contribution in [0.3, 0.4) is 0 Å². The Morgan fingerprint density at radius 1 is 1.05 bits per heavy atom. The summed E-state index contributed by atoms with van der Waals surface area (Å²) in [7, 11) is -3.47.